The molecule has 2 aromatic carbocycles. The van der Waals surface area contributed by atoms with Crippen molar-refractivity contribution in [2.75, 3.05) is 13.2 Å². The minimum absolute atomic E-state index is 0.0552. The Bertz CT molecular complexity index is 919. The predicted molar refractivity (Wildman–Crippen MR) is 127 cm³/mol. The number of aryl methyl sites for hydroxylation is 1. The smallest absolute Gasteiger partial charge is 0.276 e. The first-order valence-electron chi connectivity index (χ1n) is 9.82. The largest absolute Gasteiger partial charge is 0.492 e. The van der Waals surface area contributed by atoms with Crippen LogP contribution < -0.4 is 25.6 Å². The zero-order chi connectivity index (χ0) is 22.8. The summed E-state index contributed by atoms with van der Waals surface area (Å²) in [6.45, 7) is 6.37. The van der Waals surface area contributed by atoms with Crippen molar-refractivity contribution in [3.63, 3.8) is 0 Å². The lowest BCUT2D eigenvalue weighted by Gasteiger charge is -2.15. The van der Waals surface area contributed by atoms with Crippen molar-refractivity contribution in [3.8, 4) is 11.5 Å². The van der Waals surface area contributed by atoms with E-state index >= 15 is 0 Å². The lowest BCUT2D eigenvalue weighted by atomic mass is 10.2. The molecule has 0 spiro atoms. The Balaban J connectivity index is 1.83. The van der Waals surface area contributed by atoms with Gasteiger partial charge in [-0.3, -0.25) is 25.8 Å². The average molecular weight is 508 g/mol. The molecule has 166 valence electrons. The van der Waals surface area contributed by atoms with Gasteiger partial charge >= 0.3 is 0 Å². The van der Waals surface area contributed by atoms with Crippen LogP contribution >= 0.6 is 28.1 Å². The Hall–Kier alpha value is -2.65. The number of thiocarbonyl (C=S) groups is 1. The summed E-state index contributed by atoms with van der Waals surface area (Å²) in [5, 5.41) is 2.46. The van der Waals surface area contributed by atoms with E-state index < -0.39 is 11.8 Å². The zero-order valence-corrected chi connectivity index (χ0v) is 20.1. The summed E-state index contributed by atoms with van der Waals surface area (Å²) >= 11 is 8.44. The molecule has 0 saturated carbocycles. The van der Waals surface area contributed by atoms with Gasteiger partial charge in [0.1, 0.15) is 11.5 Å². The van der Waals surface area contributed by atoms with Gasteiger partial charge in [-0.2, -0.15) is 0 Å². The Morgan fingerprint density at radius 2 is 1.77 bits per heavy atom. The molecule has 0 aromatic heterocycles. The fourth-order valence-electron chi connectivity index (χ4n) is 2.40. The van der Waals surface area contributed by atoms with Gasteiger partial charge in [-0.25, -0.2) is 0 Å². The van der Waals surface area contributed by atoms with Gasteiger partial charge in [0.2, 0.25) is 0 Å². The number of nitrogens with one attached hydrogen (secondary N) is 3. The molecule has 0 aliphatic carbocycles. The van der Waals surface area contributed by atoms with Crippen LogP contribution in [0.5, 0.6) is 11.5 Å². The Morgan fingerprint density at radius 3 is 2.42 bits per heavy atom. The fraction of sp³-hybridized carbons (Fsp3) is 0.318. The second-order valence-electron chi connectivity index (χ2n) is 7.09. The number of hydrogen-bond acceptors (Lipinski definition) is 5. The van der Waals surface area contributed by atoms with Crippen LogP contribution in [0.2, 0.25) is 0 Å². The quantitative estimate of drug-likeness (QED) is 0.372. The standard InChI is InChI=1S/C22H26BrN3O4S/c1-4-15-5-8-17(9-6-15)29-13-20(27)25-26-22(31)24-21(28)18-11-16(23)7-10-19(18)30-12-14(2)3/h5-11,14H,4,12-13H2,1-3H3,(H,25,27)(H2,24,26,28,31). The van der Waals surface area contributed by atoms with Crippen molar-refractivity contribution >= 4 is 45.1 Å². The van der Waals surface area contributed by atoms with Crippen LogP contribution in [0.1, 0.15) is 36.7 Å². The van der Waals surface area contributed by atoms with E-state index in [0.717, 1.165) is 10.9 Å². The normalized spacial score (nSPS) is 10.4. The SMILES string of the molecule is CCc1ccc(OCC(=O)NNC(=S)NC(=O)c2cc(Br)ccc2OCC(C)C)cc1. The van der Waals surface area contributed by atoms with Gasteiger partial charge in [0.05, 0.1) is 12.2 Å². The number of carbonyl (C=O) groups excluding carboxylic acids is 2. The molecule has 0 atom stereocenters. The van der Waals surface area contributed by atoms with Gasteiger partial charge < -0.3 is 9.47 Å². The first kappa shape index (κ1) is 24.6. The third-order valence-corrected chi connectivity index (χ3v) is 4.70. The number of ether oxygens (including phenoxy) is 2. The number of carbonyl (C=O) groups is 2. The maximum Gasteiger partial charge on any atom is 0.276 e. The molecule has 0 heterocycles. The molecule has 0 aliphatic heterocycles. The van der Waals surface area contributed by atoms with E-state index in [4.69, 9.17) is 21.7 Å². The molecule has 2 amide bonds. The lowest BCUT2D eigenvalue weighted by Crippen LogP contribution is -2.49. The zero-order valence-electron chi connectivity index (χ0n) is 17.7. The van der Waals surface area contributed by atoms with Crippen LogP contribution in [0.15, 0.2) is 46.9 Å². The summed E-state index contributed by atoms with van der Waals surface area (Å²) in [6.07, 6.45) is 0.930. The van der Waals surface area contributed by atoms with E-state index in [0.29, 0.717) is 29.6 Å². The van der Waals surface area contributed by atoms with Crippen LogP contribution in [0.3, 0.4) is 0 Å². The van der Waals surface area contributed by atoms with Gasteiger partial charge in [-0.05, 0) is 60.5 Å². The van der Waals surface area contributed by atoms with Crippen LogP contribution in [0, 0.1) is 5.92 Å². The van der Waals surface area contributed by atoms with Crippen molar-refractivity contribution in [2.45, 2.75) is 27.2 Å². The first-order chi connectivity index (χ1) is 14.8. The molecule has 0 radical (unpaired) electrons. The molecule has 0 aliphatic rings. The molecule has 0 bridgehead atoms. The minimum atomic E-state index is -0.459. The molecular weight excluding hydrogens is 482 g/mol. The number of halogens is 1. The number of benzene rings is 2. The summed E-state index contributed by atoms with van der Waals surface area (Å²) < 4.78 is 11.9. The van der Waals surface area contributed by atoms with E-state index in [9.17, 15) is 9.59 Å². The number of rotatable bonds is 8. The lowest BCUT2D eigenvalue weighted by molar-refractivity contribution is -0.123. The molecular formula is C22H26BrN3O4S. The molecule has 9 heteroatoms. The number of hydrazine groups is 1. The van der Waals surface area contributed by atoms with Crippen molar-refractivity contribution in [1.82, 2.24) is 16.2 Å². The topological polar surface area (TPSA) is 88.7 Å². The highest BCUT2D eigenvalue weighted by molar-refractivity contribution is 9.10. The van der Waals surface area contributed by atoms with Gasteiger partial charge in [-0.15, -0.1) is 0 Å². The molecule has 2 rings (SSSR count). The van der Waals surface area contributed by atoms with Gasteiger partial charge in [-0.1, -0.05) is 48.8 Å². The molecule has 0 fully saturated rings. The van der Waals surface area contributed by atoms with Crippen LogP contribution in [0.25, 0.3) is 0 Å². The molecule has 0 unspecified atom stereocenters. The van der Waals surface area contributed by atoms with Crippen molar-refractivity contribution in [1.29, 1.82) is 0 Å². The third-order valence-electron chi connectivity index (χ3n) is 4.00. The second-order valence-corrected chi connectivity index (χ2v) is 8.41. The van der Waals surface area contributed by atoms with Gasteiger partial charge in [0.25, 0.3) is 11.8 Å². The molecule has 0 saturated heterocycles. The predicted octanol–water partition coefficient (Wildman–Crippen LogP) is 3.76. The van der Waals surface area contributed by atoms with Crippen LogP contribution in [-0.2, 0) is 11.2 Å². The Labute approximate surface area is 196 Å². The summed E-state index contributed by atoms with van der Waals surface area (Å²) in [6, 6.07) is 12.6. The molecule has 3 N–H and O–H groups in total. The van der Waals surface area contributed by atoms with E-state index in [2.05, 4.69) is 39.0 Å². The van der Waals surface area contributed by atoms with Crippen LogP contribution in [0.4, 0.5) is 0 Å². The highest BCUT2D eigenvalue weighted by atomic mass is 79.9. The first-order valence-corrected chi connectivity index (χ1v) is 11.0. The van der Waals surface area contributed by atoms with Crippen molar-refractivity contribution in [2.24, 2.45) is 5.92 Å². The van der Waals surface area contributed by atoms with Gasteiger partial charge in [0, 0.05) is 4.47 Å². The molecule has 31 heavy (non-hydrogen) atoms. The fourth-order valence-corrected chi connectivity index (χ4v) is 2.90. The molecule has 2 aromatic rings. The Kier molecular flexibility index (Phi) is 9.74. The van der Waals surface area contributed by atoms with E-state index in [1.54, 1.807) is 30.3 Å². The van der Waals surface area contributed by atoms with Gasteiger partial charge in [0.15, 0.2) is 11.7 Å². The van der Waals surface area contributed by atoms with E-state index in [1.165, 1.54) is 5.56 Å². The summed E-state index contributed by atoms with van der Waals surface area (Å²) in [4.78, 5) is 24.6. The maximum atomic E-state index is 12.6. The molecule has 7 nitrogen and oxygen atoms in total. The van der Waals surface area contributed by atoms with E-state index in [-0.39, 0.29) is 11.7 Å². The number of hydrogen-bond donors (Lipinski definition) is 3. The van der Waals surface area contributed by atoms with E-state index in [1.807, 2.05) is 26.0 Å². The van der Waals surface area contributed by atoms with Crippen LogP contribution in [-0.4, -0.2) is 30.1 Å². The summed E-state index contributed by atoms with van der Waals surface area (Å²) in [5.74, 6) is 0.443. The summed E-state index contributed by atoms with van der Waals surface area (Å²) in [7, 11) is 0. The monoisotopic (exact) mass is 507 g/mol. The average Bonchev–Trinajstić information content (AvgIpc) is 2.75. The maximum absolute atomic E-state index is 12.6. The highest BCUT2D eigenvalue weighted by Crippen LogP contribution is 2.23. The highest BCUT2D eigenvalue weighted by Gasteiger charge is 2.15. The second kappa shape index (κ2) is 12.3. The minimum Gasteiger partial charge on any atom is -0.492 e. The van der Waals surface area contributed by atoms with Crippen molar-refractivity contribution < 1.29 is 19.1 Å². The number of amides is 2. The third kappa shape index (κ3) is 8.55. The van der Waals surface area contributed by atoms with Crippen molar-refractivity contribution in [3.05, 3.63) is 58.1 Å². The summed E-state index contributed by atoms with van der Waals surface area (Å²) in [5.41, 5.74) is 6.38. The Morgan fingerprint density at radius 1 is 1.06 bits per heavy atom.